The number of rotatable bonds is 1. The van der Waals surface area contributed by atoms with E-state index in [9.17, 15) is 4.79 Å². The monoisotopic (exact) mass is 286 g/mol. The van der Waals surface area contributed by atoms with Crippen LogP contribution in [0.3, 0.4) is 0 Å². The number of methoxy groups -OCH3 is 1. The fourth-order valence-electron chi connectivity index (χ4n) is 4.55. The zero-order chi connectivity index (χ0) is 14.6. The highest BCUT2D eigenvalue weighted by atomic mass is 16.5. The number of likely N-dealkylation sites (N-methyl/N-ethyl adjacent to an activating group) is 1. The number of nitrogens with zero attached hydrogens (tertiary/aromatic N) is 2. The van der Waals surface area contributed by atoms with Crippen LogP contribution in [0.25, 0.3) is 0 Å². The van der Waals surface area contributed by atoms with Gasteiger partial charge in [-0.05, 0) is 44.4 Å². The Kier molecular flexibility index (Phi) is 2.96. The molecule has 3 aliphatic heterocycles. The van der Waals surface area contributed by atoms with Crippen LogP contribution in [0.1, 0.15) is 36.4 Å². The molecule has 1 amide bonds. The van der Waals surface area contributed by atoms with E-state index in [0.29, 0.717) is 11.9 Å². The first kappa shape index (κ1) is 13.1. The van der Waals surface area contributed by atoms with Crippen molar-refractivity contribution >= 4 is 5.91 Å². The lowest BCUT2D eigenvalue weighted by Crippen LogP contribution is -2.64. The van der Waals surface area contributed by atoms with Crippen LogP contribution in [0.15, 0.2) is 18.2 Å². The van der Waals surface area contributed by atoms with Crippen LogP contribution in [0.2, 0.25) is 0 Å². The summed E-state index contributed by atoms with van der Waals surface area (Å²) in [5, 5.41) is 0. The predicted octanol–water partition coefficient (Wildman–Crippen LogP) is 1.99. The van der Waals surface area contributed by atoms with Gasteiger partial charge in [0.15, 0.2) is 0 Å². The topological polar surface area (TPSA) is 32.8 Å². The summed E-state index contributed by atoms with van der Waals surface area (Å²) in [5.74, 6) is 1.30. The minimum Gasteiger partial charge on any atom is -0.496 e. The number of piperazine rings is 1. The lowest BCUT2D eigenvalue weighted by Gasteiger charge is -2.54. The summed E-state index contributed by atoms with van der Waals surface area (Å²) in [6.45, 7) is 0.831. The van der Waals surface area contributed by atoms with Crippen molar-refractivity contribution in [1.29, 1.82) is 0 Å². The molecule has 2 saturated heterocycles. The first-order chi connectivity index (χ1) is 10.2. The third-order valence-electron chi connectivity index (χ3n) is 5.57. The van der Waals surface area contributed by atoms with Crippen molar-refractivity contribution in [2.24, 2.45) is 0 Å². The minimum absolute atomic E-state index is 0.104. The molecule has 2 fully saturated rings. The van der Waals surface area contributed by atoms with Gasteiger partial charge in [0.25, 0.3) is 0 Å². The Balaban J connectivity index is 1.83. The van der Waals surface area contributed by atoms with E-state index in [-0.39, 0.29) is 12.1 Å². The highest BCUT2D eigenvalue weighted by molar-refractivity contribution is 5.84. The summed E-state index contributed by atoms with van der Waals surface area (Å²) < 4.78 is 5.53. The zero-order valence-electron chi connectivity index (χ0n) is 12.7. The molecule has 1 aromatic carbocycles. The van der Waals surface area contributed by atoms with Crippen molar-refractivity contribution in [3.05, 3.63) is 29.3 Å². The van der Waals surface area contributed by atoms with Crippen molar-refractivity contribution in [1.82, 2.24) is 9.80 Å². The minimum atomic E-state index is 0.104. The molecule has 4 nitrogen and oxygen atoms in total. The van der Waals surface area contributed by atoms with E-state index in [0.717, 1.165) is 31.6 Å². The molecule has 0 N–H and O–H groups in total. The Hall–Kier alpha value is -1.55. The molecule has 1 aromatic rings. The second kappa shape index (κ2) is 4.73. The van der Waals surface area contributed by atoms with Crippen molar-refractivity contribution in [2.45, 2.75) is 43.8 Å². The molecule has 112 valence electrons. The molecule has 4 rings (SSSR count). The van der Waals surface area contributed by atoms with Gasteiger partial charge in [-0.25, -0.2) is 0 Å². The van der Waals surface area contributed by atoms with E-state index in [1.165, 1.54) is 17.5 Å². The first-order valence-electron chi connectivity index (χ1n) is 7.90. The van der Waals surface area contributed by atoms with Crippen LogP contribution < -0.4 is 4.74 Å². The van der Waals surface area contributed by atoms with E-state index in [4.69, 9.17) is 4.74 Å². The van der Waals surface area contributed by atoms with Gasteiger partial charge in [-0.1, -0.05) is 12.1 Å². The van der Waals surface area contributed by atoms with Gasteiger partial charge in [-0.15, -0.1) is 0 Å². The number of ether oxygens (including phenoxy) is 1. The number of carbonyl (C=O) groups excluding carboxylic acids is 1. The van der Waals surface area contributed by atoms with E-state index in [1.807, 2.05) is 6.07 Å². The van der Waals surface area contributed by atoms with Gasteiger partial charge in [0.1, 0.15) is 5.75 Å². The van der Waals surface area contributed by atoms with Crippen LogP contribution in [0.5, 0.6) is 5.75 Å². The fourth-order valence-corrected chi connectivity index (χ4v) is 4.55. The SMILES string of the molecule is COc1cccc2c1CCN1C(=O)C3CCCC(C21)N3C. The van der Waals surface area contributed by atoms with Crippen molar-refractivity contribution in [3.63, 3.8) is 0 Å². The second-order valence-corrected chi connectivity index (χ2v) is 6.43. The molecule has 4 heteroatoms. The molecule has 3 unspecified atom stereocenters. The average Bonchev–Trinajstić information content (AvgIpc) is 2.51. The first-order valence-corrected chi connectivity index (χ1v) is 7.90. The Bertz CT molecular complexity index is 586. The highest BCUT2D eigenvalue weighted by Crippen LogP contribution is 2.45. The molecular formula is C17H22N2O2. The van der Waals surface area contributed by atoms with Crippen LogP contribution in [-0.2, 0) is 11.2 Å². The lowest BCUT2D eigenvalue weighted by molar-refractivity contribution is -0.154. The number of amides is 1. The normalized spacial score (nSPS) is 31.6. The van der Waals surface area contributed by atoms with Crippen LogP contribution in [0.4, 0.5) is 0 Å². The standard InChI is InChI=1S/C17H22N2O2/c1-18-13-6-4-7-14(18)17(20)19-10-9-11-12(16(13)19)5-3-8-15(11)21-2/h3,5,8,13-14,16H,4,6-7,9-10H2,1-2H3. The zero-order valence-corrected chi connectivity index (χ0v) is 12.7. The largest absolute Gasteiger partial charge is 0.496 e. The summed E-state index contributed by atoms with van der Waals surface area (Å²) in [5.41, 5.74) is 2.60. The quantitative estimate of drug-likeness (QED) is 0.791. The Morgan fingerprint density at radius 3 is 2.95 bits per heavy atom. The summed E-state index contributed by atoms with van der Waals surface area (Å²) >= 11 is 0. The smallest absolute Gasteiger partial charge is 0.240 e. The Morgan fingerprint density at radius 2 is 2.14 bits per heavy atom. The summed E-state index contributed by atoms with van der Waals surface area (Å²) in [6.07, 6.45) is 4.26. The van der Waals surface area contributed by atoms with Crippen molar-refractivity contribution < 1.29 is 9.53 Å². The molecule has 2 bridgehead atoms. The van der Waals surface area contributed by atoms with E-state index >= 15 is 0 Å². The average molecular weight is 286 g/mol. The van der Waals surface area contributed by atoms with E-state index in [1.54, 1.807) is 7.11 Å². The van der Waals surface area contributed by atoms with Gasteiger partial charge in [-0.3, -0.25) is 9.69 Å². The van der Waals surface area contributed by atoms with Gasteiger partial charge in [0.05, 0.1) is 19.2 Å². The number of piperidine rings is 1. The molecule has 0 aliphatic carbocycles. The van der Waals surface area contributed by atoms with Gasteiger partial charge < -0.3 is 9.64 Å². The van der Waals surface area contributed by atoms with Crippen molar-refractivity contribution in [3.8, 4) is 5.75 Å². The summed E-state index contributed by atoms with van der Waals surface area (Å²) in [4.78, 5) is 17.3. The second-order valence-electron chi connectivity index (χ2n) is 6.43. The molecule has 0 spiro atoms. The molecular weight excluding hydrogens is 264 g/mol. The predicted molar refractivity (Wildman–Crippen MR) is 80.3 cm³/mol. The fraction of sp³-hybridized carbons (Fsp3) is 0.588. The Labute approximate surface area is 125 Å². The van der Waals surface area contributed by atoms with Gasteiger partial charge in [0, 0.05) is 18.2 Å². The molecule has 0 aromatic heterocycles. The van der Waals surface area contributed by atoms with Gasteiger partial charge in [0.2, 0.25) is 5.91 Å². The maximum Gasteiger partial charge on any atom is 0.240 e. The number of benzene rings is 1. The number of fused-ring (bicyclic) bond motifs is 6. The van der Waals surface area contributed by atoms with Crippen LogP contribution >= 0.6 is 0 Å². The maximum absolute atomic E-state index is 12.8. The lowest BCUT2D eigenvalue weighted by atomic mass is 9.79. The molecule has 21 heavy (non-hydrogen) atoms. The number of hydrogen-bond acceptors (Lipinski definition) is 3. The molecule has 3 atom stereocenters. The highest BCUT2D eigenvalue weighted by Gasteiger charge is 2.49. The van der Waals surface area contributed by atoms with Gasteiger partial charge in [-0.2, -0.15) is 0 Å². The van der Waals surface area contributed by atoms with Gasteiger partial charge >= 0.3 is 0 Å². The Morgan fingerprint density at radius 1 is 1.29 bits per heavy atom. The summed E-state index contributed by atoms with van der Waals surface area (Å²) in [7, 11) is 3.86. The molecule has 3 heterocycles. The third-order valence-corrected chi connectivity index (χ3v) is 5.57. The number of hydrogen-bond donors (Lipinski definition) is 0. The van der Waals surface area contributed by atoms with E-state index < -0.39 is 0 Å². The van der Waals surface area contributed by atoms with Crippen molar-refractivity contribution in [2.75, 3.05) is 20.7 Å². The molecule has 0 radical (unpaired) electrons. The van der Waals surface area contributed by atoms with E-state index in [2.05, 4.69) is 29.0 Å². The molecule has 3 aliphatic rings. The molecule has 0 saturated carbocycles. The number of carbonyl (C=O) groups is 1. The summed E-state index contributed by atoms with van der Waals surface area (Å²) in [6, 6.07) is 7.04. The van der Waals surface area contributed by atoms with Crippen LogP contribution in [0, 0.1) is 0 Å². The maximum atomic E-state index is 12.8. The third kappa shape index (κ3) is 1.75. The van der Waals surface area contributed by atoms with Crippen LogP contribution in [-0.4, -0.2) is 48.5 Å².